The third-order valence-electron chi connectivity index (χ3n) is 12.5. The van der Waals surface area contributed by atoms with Gasteiger partial charge in [-0.25, -0.2) is 0 Å². The summed E-state index contributed by atoms with van der Waals surface area (Å²) in [6, 6.07) is -0.639. The number of amides is 1. The maximum absolute atomic E-state index is 12.5. The van der Waals surface area contributed by atoms with Crippen LogP contribution in [0.25, 0.3) is 0 Å². The zero-order chi connectivity index (χ0) is 44.2. The molecule has 0 aromatic carbocycles. The second-order valence-corrected chi connectivity index (χ2v) is 18.6. The average molecular weight is 854 g/mol. The van der Waals surface area contributed by atoms with Crippen LogP contribution in [0.15, 0.2) is 48.6 Å². The van der Waals surface area contributed by atoms with E-state index >= 15 is 0 Å². The Balaban J connectivity index is 3.51. The van der Waals surface area contributed by atoms with Gasteiger partial charge in [0.15, 0.2) is 0 Å². The first-order chi connectivity index (χ1) is 30.2. The van der Waals surface area contributed by atoms with Gasteiger partial charge in [0.05, 0.1) is 18.8 Å². The summed E-state index contributed by atoms with van der Waals surface area (Å²) >= 11 is 0. The number of carbonyl (C=O) groups is 1. The van der Waals surface area contributed by atoms with Crippen molar-refractivity contribution in [2.24, 2.45) is 0 Å². The minimum absolute atomic E-state index is 0.0705. The van der Waals surface area contributed by atoms with E-state index < -0.39 is 12.1 Å². The number of hydrogen-bond donors (Lipinski definition) is 3. The maximum atomic E-state index is 12.5. The molecule has 0 radical (unpaired) electrons. The first-order valence-corrected chi connectivity index (χ1v) is 27.4. The number of aliphatic hydroxyl groups is 2. The molecule has 1 amide bonds. The number of hydrogen-bond acceptors (Lipinski definition) is 3. The molecule has 4 heteroatoms. The van der Waals surface area contributed by atoms with Crippen molar-refractivity contribution in [3.05, 3.63) is 48.6 Å². The molecule has 3 N–H and O–H groups in total. The molecule has 0 saturated heterocycles. The second kappa shape index (κ2) is 52.7. The van der Waals surface area contributed by atoms with Gasteiger partial charge in [-0.05, 0) is 64.2 Å². The predicted octanol–water partition coefficient (Wildman–Crippen LogP) is 17.9. The van der Waals surface area contributed by atoms with Crippen molar-refractivity contribution in [3.63, 3.8) is 0 Å². The molecule has 4 nitrogen and oxygen atoms in total. The van der Waals surface area contributed by atoms with E-state index in [0.717, 1.165) is 38.5 Å². The Bertz CT molecular complexity index is 970. The van der Waals surface area contributed by atoms with Gasteiger partial charge in [0, 0.05) is 6.42 Å². The molecule has 0 aliphatic carbocycles. The molecule has 61 heavy (non-hydrogen) atoms. The zero-order valence-electron chi connectivity index (χ0n) is 41.2. The van der Waals surface area contributed by atoms with Crippen molar-refractivity contribution < 1.29 is 15.0 Å². The molecule has 0 bridgehead atoms. The molecule has 2 unspecified atom stereocenters. The van der Waals surface area contributed by atoms with Gasteiger partial charge in [-0.15, -0.1) is 0 Å². The Kier molecular flexibility index (Phi) is 51.3. The number of carbonyl (C=O) groups excluding carboxylic acids is 1. The monoisotopic (exact) mass is 854 g/mol. The zero-order valence-corrected chi connectivity index (χ0v) is 41.2. The fourth-order valence-electron chi connectivity index (χ4n) is 8.34. The third-order valence-corrected chi connectivity index (χ3v) is 12.5. The van der Waals surface area contributed by atoms with Crippen molar-refractivity contribution in [2.75, 3.05) is 6.61 Å². The number of aliphatic hydroxyl groups excluding tert-OH is 2. The Labute approximate surface area is 382 Å². The lowest BCUT2D eigenvalue weighted by molar-refractivity contribution is -0.123. The third kappa shape index (κ3) is 49.2. The van der Waals surface area contributed by atoms with Crippen LogP contribution < -0.4 is 5.32 Å². The Hall–Kier alpha value is -1.65. The molecule has 0 spiro atoms. The van der Waals surface area contributed by atoms with E-state index in [9.17, 15) is 15.0 Å². The summed E-state index contributed by atoms with van der Waals surface area (Å²) in [5.74, 6) is -0.0705. The fraction of sp³-hybridized carbons (Fsp3) is 0.842. The largest absolute Gasteiger partial charge is 0.394 e. The van der Waals surface area contributed by atoms with E-state index in [2.05, 4.69) is 55.6 Å². The minimum Gasteiger partial charge on any atom is -0.394 e. The standard InChI is InChI=1S/C57H107NO3/c1-3-5-7-9-11-13-15-17-19-21-23-25-26-27-28-29-30-31-32-33-35-37-39-41-43-45-47-49-51-53-57(61)58-55(54-59)56(60)52-50-48-46-44-42-40-38-36-34-24-22-20-18-16-14-12-10-8-6-4-2/h15,17,21,23,42,44,50,52,55-56,59-60H,3-14,16,18-20,22,24-41,43,45-49,51,53-54H2,1-2H3,(H,58,61)/b17-15-,23-21-,44-42+,52-50+. The van der Waals surface area contributed by atoms with Crippen molar-refractivity contribution >= 4 is 5.91 Å². The van der Waals surface area contributed by atoms with Crippen LogP contribution in [0.2, 0.25) is 0 Å². The van der Waals surface area contributed by atoms with Crippen molar-refractivity contribution in [1.82, 2.24) is 5.32 Å². The fourth-order valence-corrected chi connectivity index (χ4v) is 8.34. The highest BCUT2D eigenvalue weighted by Crippen LogP contribution is 2.16. The van der Waals surface area contributed by atoms with Crippen LogP contribution in [0.4, 0.5) is 0 Å². The van der Waals surface area contributed by atoms with Crippen molar-refractivity contribution in [2.45, 2.75) is 302 Å². The molecular weight excluding hydrogens is 747 g/mol. The highest BCUT2D eigenvalue weighted by atomic mass is 16.3. The van der Waals surface area contributed by atoms with E-state index in [-0.39, 0.29) is 12.5 Å². The summed E-state index contributed by atoms with van der Waals surface area (Å²) in [4.78, 5) is 12.5. The van der Waals surface area contributed by atoms with E-state index in [1.54, 1.807) is 6.08 Å². The molecule has 0 saturated carbocycles. The second-order valence-electron chi connectivity index (χ2n) is 18.6. The molecule has 0 fully saturated rings. The molecule has 0 rings (SSSR count). The summed E-state index contributed by atoms with van der Waals surface area (Å²) in [6.45, 7) is 4.31. The van der Waals surface area contributed by atoms with Gasteiger partial charge in [0.1, 0.15) is 0 Å². The molecule has 2 atom stereocenters. The molecule has 0 aliphatic heterocycles. The smallest absolute Gasteiger partial charge is 0.220 e. The molecular formula is C57H107NO3. The SMILES string of the molecule is CCCCCCC/C=C\C/C=C\CCCCCCCCCCCCCCCCCCCC(=O)NC(CO)C(O)/C=C/CC/C=C/CCCCCCCCCCCCCCCC. The first-order valence-electron chi connectivity index (χ1n) is 27.4. The maximum Gasteiger partial charge on any atom is 0.220 e. The van der Waals surface area contributed by atoms with Gasteiger partial charge in [-0.3, -0.25) is 4.79 Å². The van der Waals surface area contributed by atoms with Crippen LogP contribution in [-0.4, -0.2) is 34.9 Å². The summed E-state index contributed by atoms with van der Waals surface area (Å²) in [5.41, 5.74) is 0. The highest BCUT2D eigenvalue weighted by Gasteiger charge is 2.18. The van der Waals surface area contributed by atoms with Crippen molar-refractivity contribution in [1.29, 1.82) is 0 Å². The summed E-state index contributed by atoms with van der Waals surface area (Å²) in [7, 11) is 0. The lowest BCUT2D eigenvalue weighted by Crippen LogP contribution is -2.45. The highest BCUT2D eigenvalue weighted by molar-refractivity contribution is 5.76. The van der Waals surface area contributed by atoms with E-state index in [1.807, 2.05) is 6.08 Å². The van der Waals surface area contributed by atoms with Crippen LogP contribution in [0.3, 0.4) is 0 Å². The number of unbranched alkanes of at least 4 members (excludes halogenated alkanes) is 37. The van der Waals surface area contributed by atoms with Gasteiger partial charge in [-0.2, -0.15) is 0 Å². The van der Waals surface area contributed by atoms with Gasteiger partial charge in [0.2, 0.25) is 5.91 Å². The number of nitrogens with one attached hydrogen (secondary N) is 1. The molecule has 0 aromatic heterocycles. The van der Waals surface area contributed by atoms with Gasteiger partial charge < -0.3 is 15.5 Å². The van der Waals surface area contributed by atoms with E-state index in [4.69, 9.17) is 0 Å². The van der Waals surface area contributed by atoms with Crippen LogP contribution in [0, 0.1) is 0 Å². The van der Waals surface area contributed by atoms with Crippen LogP contribution in [0.5, 0.6) is 0 Å². The predicted molar refractivity (Wildman–Crippen MR) is 271 cm³/mol. The van der Waals surface area contributed by atoms with Crippen LogP contribution >= 0.6 is 0 Å². The van der Waals surface area contributed by atoms with Gasteiger partial charge in [0.25, 0.3) is 0 Å². The lowest BCUT2D eigenvalue weighted by Gasteiger charge is -2.19. The van der Waals surface area contributed by atoms with Crippen LogP contribution in [0.1, 0.15) is 290 Å². The van der Waals surface area contributed by atoms with E-state index in [1.165, 1.54) is 231 Å². The average Bonchev–Trinajstić information content (AvgIpc) is 3.26. The molecule has 0 aliphatic rings. The quantitative estimate of drug-likeness (QED) is 0.0422. The van der Waals surface area contributed by atoms with E-state index in [0.29, 0.717) is 6.42 Å². The summed E-state index contributed by atoms with van der Waals surface area (Å²) in [6.07, 6.45) is 72.7. The molecule has 0 heterocycles. The Morgan fingerprint density at radius 1 is 0.393 bits per heavy atom. The Morgan fingerprint density at radius 2 is 0.689 bits per heavy atom. The molecule has 358 valence electrons. The first kappa shape index (κ1) is 59.4. The number of rotatable bonds is 50. The van der Waals surface area contributed by atoms with Gasteiger partial charge >= 0.3 is 0 Å². The minimum atomic E-state index is -0.862. The number of allylic oxidation sites excluding steroid dienone is 7. The van der Waals surface area contributed by atoms with Crippen molar-refractivity contribution in [3.8, 4) is 0 Å². The normalized spacial score (nSPS) is 13.2. The van der Waals surface area contributed by atoms with Crippen LogP contribution in [-0.2, 0) is 4.79 Å². The summed E-state index contributed by atoms with van der Waals surface area (Å²) < 4.78 is 0. The lowest BCUT2D eigenvalue weighted by atomic mass is 10.0. The van der Waals surface area contributed by atoms with Gasteiger partial charge in [-0.1, -0.05) is 268 Å². The molecule has 0 aromatic rings. The topological polar surface area (TPSA) is 69.6 Å². The Morgan fingerprint density at radius 3 is 1.05 bits per heavy atom. The summed E-state index contributed by atoms with van der Waals surface area (Å²) in [5, 5.41) is 23.1.